The Kier molecular flexibility index (Phi) is 2.91. The van der Waals surface area contributed by atoms with E-state index >= 15 is 0 Å². The summed E-state index contributed by atoms with van der Waals surface area (Å²) in [5.74, 6) is 2.40. The number of methoxy groups -OCH3 is 1. The third-order valence-electron chi connectivity index (χ3n) is 5.98. The third-order valence-corrected chi connectivity index (χ3v) is 5.98. The summed E-state index contributed by atoms with van der Waals surface area (Å²) in [5.41, 5.74) is 3.68. The highest BCUT2D eigenvalue weighted by Gasteiger charge is 2.31. The number of rotatable bonds is 1. The quantitative estimate of drug-likeness (QED) is 0.801. The number of phenols is 1. The van der Waals surface area contributed by atoms with E-state index in [2.05, 4.69) is 29.2 Å². The summed E-state index contributed by atoms with van der Waals surface area (Å²) in [7, 11) is 1.60. The highest BCUT2D eigenvalue weighted by Crippen LogP contribution is 2.37. The van der Waals surface area contributed by atoms with E-state index in [4.69, 9.17) is 14.2 Å². The second kappa shape index (κ2) is 5.22. The molecule has 0 unspecified atom stereocenters. The summed E-state index contributed by atoms with van der Waals surface area (Å²) in [6.07, 6.45) is 5.09. The maximum atomic E-state index is 10.9. The molecule has 0 radical (unpaired) electrons. The van der Waals surface area contributed by atoms with Crippen molar-refractivity contribution in [1.29, 1.82) is 0 Å². The zero-order valence-corrected chi connectivity index (χ0v) is 15.0. The highest BCUT2D eigenvalue weighted by molar-refractivity contribution is 5.96. The second-order valence-electron chi connectivity index (χ2n) is 7.27. The monoisotopic (exact) mass is 361 g/mol. The molecule has 6 rings (SSSR count). The fraction of sp³-hybridized carbons (Fsp3) is 0.273. The van der Waals surface area contributed by atoms with Crippen LogP contribution < -0.4 is 35.1 Å². The normalized spacial score (nSPS) is 18.6. The van der Waals surface area contributed by atoms with Gasteiger partial charge in [0.2, 0.25) is 6.79 Å². The Hall–Kier alpha value is -3.08. The lowest BCUT2D eigenvalue weighted by Gasteiger charge is -2.31. The van der Waals surface area contributed by atoms with E-state index in [0.29, 0.717) is 5.75 Å². The lowest BCUT2D eigenvalue weighted by molar-refractivity contribution is 0.174. The predicted octanol–water partition coefficient (Wildman–Crippen LogP) is 0.490. The number of nitrogens with zero attached hydrogens (tertiary/aromatic N) is 1. The van der Waals surface area contributed by atoms with Crippen molar-refractivity contribution in [3.8, 4) is 23.0 Å². The van der Waals surface area contributed by atoms with Crippen LogP contribution in [0.4, 0.5) is 0 Å². The van der Waals surface area contributed by atoms with Crippen LogP contribution in [0.3, 0.4) is 0 Å². The Labute approximate surface area is 155 Å². The van der Waals surface area contributed by atoms with Crippen LogP contribution >= 0.6 is 0 Å². The molecule has 136 valence electrons. The summed E-state index contributed by atoms with van der Waals surface area (Å²) < 4.78 is 16.6. The molecule has 0 spiro atoms. The molecular formula is C22H19NO4. The summed E-state index contributed by atoms with van der Waals surface area (Å²) in [4.78, 5) is 2.38. The summed E-state index contributed by atoms with van der Waals surface area (Å²) in [6.45, 7) is 1.24. The Morgan fingerprint density at radius 3 is 2.81 bits per heavy atom. The molecule has 1 fully saturated rings. The molecule has 2 aromatic rings. The second-order valence-corrected chi connectivity index (χ2v) is 7.27. The van der Waals surface area contributed by atoms with Gasteiger partial charge in [0.15, 0.2) is 23.0 Å². The van der Waals surface area contributed by atoms with Crippen molar-refractivity contribution in [2.75, 3.05) is 20.4 Å². The SMILES string of the molecule is COc1ccc2c(c1O)=C1CCCN1C1=c3cc4c(cc3=CCC=21)OCO4. The van der Waals surface area contributed by atoms with Gasteiger partial charge in [-0.3, -0.25) is 0 Å². The van der Waals surface area contributed by atoms with Crippen molar-refractivity contribution in [2.24, 2.45) is 0 Å². The average molecular weight is 361 g/mol. The molecule has 27 heavy (non-hydrogen) atoms. The first-order chi connectivity index (χ1) is 13.3. The minimum atomic E-state index is 0.250. The first-order valence-corrected chi connectivity index (χ1v) is 9.30. The molecular weight excluding hydrogens is 342 g/mol. The van der Waals surface area contributed by atoms with Gasteiger partial charge >= 0.3 is 0 Å². The van der Waals surface area contributed by atoms with Crippen molar-refractivity contribution in [3.05, 3.63) is 45.1 Å². The Balaban J connectivity index is 1.79. The molecule has 3 heterocycles. The van der Waals surface area contributed by atoms with Crippen LogP contribution in [0, 0.1) is 0 Å². The van der Waals surface area contributed by atoms with Gasteiger partial charge in [-0.05, 0) is 59.5 Å². The van der Waals surface area contributed by atoms with Crippen molar-refractivity contribution < 1.29 is 19.3 Å². The topological polar surface area (TPSA) is 51.2 Å². The van der Waals surface area contributed by atoms with Crippen LogP contribution in [-0.2, 0) is 0 Å². The molecule has 0 atom stereocenters. The highest BCUT2D eigenvalue weighted by atomic mass is 16.7. The maximum absolute atomic E-state index is 10.9. The molecule has 0 aromatic heterocycles. The van der Waals surface area contributed by atoms with E-state index in [-0.39, 0.29) is 12.5 Å². The summed E-state index contributed by atoms with van der Waals surface area (Å²) >= 11 is 0. The molecule has 0 amide bonds. The van der Waals surface area contributed by atoms with E-state index in [1.54, 1.807) is 7.11 Å². The van der Waals surface area contributed by atoms with Gasteiger partial charge < -0.3 is 24.2 Å². The molecule has 0 saturated carbocycles. The predicted molar refractivity (Wildman–Crippen MR) is 101 cm³/mol. The van der Waals surface area contributed by atoms with E-state index in [0.717, 1.165) is 47.7 Å². The van der Waals surface area contributed by atoms with Crippen LogP contribution in [0.5, 0.6) is 23.0 Å². The molecule has 2 aromatic carbocycles. The minimum absolute atomic E-state index is 0.250. The zero-order chi connectivity index (χ0) is 18.1. The van der Waals surface area contributed by atoms with Crippen molar-refractivity contribution >= 4 is 23.0 Å². The van der Waals surface area contributed by atoms with E-state index < -0.39 is 0 Å². The largest absolute Gasteiger partial charge is 0.504 e. The smallest absolute Gasteiger partial charge is 0.231 e. The Bertz CT molecular complexity index is 1260. The fourth-order valence-corrected chi connectivity index (χ4v) is 4.81. The number of benzene rings is 2. The number of fused-ring (bicyclic) bond motifs is 6. The van der Waals surface area contributed by atoms with Gasteiger partial charge in [-0.1, -0.05) is 6.08 Å². The lowest BCUT2D eigenvalue weighted by Crippen LogP contribution is -2.45. The number of ether oxygens (including phenoxy) is 3. The van der Waals surface area contributed by atoms with Gasteiger partial charge in [-0.2, -0.15) is 0 Å². The van der Waals surface area contributed by atoms with Crippen molar-refractivity contribution in [1.82, 2.24) is 4.90 Å². The standard InChI is InChI=1S/C22H19NO4/c1-25-17-7-6-13-14-5-4-12-9-18-19(27-11-26-18)10-15(12)21(14)23-8-2-3-16(23)20(13)22(17)24/h4,6-7,9-10,24H,2-3,5,8,11H2,1H3. The van der Waals surface area contributed by atoms with Crippen LogP contribution in [0.15, 0.2) is 24.3 Å². The van der Waals surface area contributed by atoms with Crippen LogP contribution in [-0.4, -0.2) is 30.5 Å². The van der Waals surface area contributed by atoms with E-state index in [1.165, 1.54) is 27.4 Å². The van der Waals surface area contributed by atoms with Gasteiger partial charge in [-0.25, -0.2) is 0 Å². The maximum Gasteiger partial charge on any atom is 0.231 e. The number of hydrogen-bond donors (Lipinski definition) is 1. The molecule has 1 N–H and O–H groups in total. The molecule has 4 aliphatic rings. The average Bonchev–Trinajstić information content (AvgIpc) is 3.34. The van der Waals surface area contributed by atoms with E-state index in [9.17, 15) is 5.11 Å². The molecule has 3 aliphatic heterocycles. The first-order valence-electron chi connectivity index (χ1n) is 9.30. The number of phenolic OH excluding ortho intramolecular Hbond substituents is 1. The van der Waals surface area contributed by atoms with Crippen molar-refractivity contribution in [3.63, 3.8) is 0 Å². The first kappa shape index (κ1) is 15.0. The molecule has 5 nitrogen and oxygen atoms in total. The number of aromatic hydroxyl groups is 1. The summed E-state index contributed by atoms with van der Waals surface area (Å²) in [5, 5.41) is 15.3. The molecule has 0 bridgehead atoms. The molecule has 1 saturated heterocycles. The molecule has 1 aliphatic carbocycles. The zero-order valence-electron chi connectivity index (χ0n) is 15.0. The van der Waals surface area contributed by atoms with E-state index in [1.807, 2.05) is 6.07 Å². The molecule has 5 heteroatoms. The van der Waals surface area contributed by atoms with Crippen LogP contribution in [0.2, 0.25) is 0 Å². The van der Waals surface area contributed by atoms with Gasteiger partial charge in [-0.15, -0.1) is 0 Å². The van der Waals surface area contributed by atoms with Gasteiger partial charge in [0.1, 0.15) is 0 Å². The fourth-order valence-electron chi connectivity index (χ4n) is 4.81. The van der Waals surface area contributed by atoms with Gasteiger partial charge in [0, 0.05) is 22.7 Å². The van der Waals surface area contributed by atoms with Crippen molar-refractivity contribution in [2.45, 2.75) is 19.3 Å². The lowest BCUT2D eigenvalue weighted by atomic mass is 9.91. The van der Waals surface area contributed by atoms with Gasteiger partial charge in [0.25, 0.3) is 0 Å². The Morgan fingerprint density at radius 1 is 1.11 bits per heavy atom. The Morgan fingerprint density at radius 2 is 1.96 bits per heavy atom. The van der Waals surface area contributed by atoms with Crippen LogP contribution in [0.1, 0.15) is 19.3 Å². The minimum Gasteiger partial charge on any atom is -0.504 e. The van der Waals surface area contributed by atoms with Crippen LogP contribution in [0.25, 0.3) is 23.0 Å². The number of hydrogen-bond acceptors (Lipinski definition) is 5. The third kappa shape index (κ3) is 1.89. The summed E-state index contributed by atoms with van der Waals surface area (Å²) in [6, 6.07) is 8.13. The van der Waals surface area contributed by atoms with Gasteiger partial charge in [0.05, 0.1) is 12.8 Å².